The third-order valence-corrected chi connectivity index (χ3v) is 9.74. The van der Waals surface area contributed by atoms with E-state index in [0.717, 1.165) is 16.7 Å². The number of fused-ring (bicyclic) bond motifs is 1. The van der Waals surface area contributed by atoms with E-state index in [1.807, 2.05) is 54.6 Å². The molecule has 0 unspecified atom stereocenters. The van der Waals surface area contributed by atoms with Gasteiger partial charge in [0.25, 0.3) is 0 Å². The Balaban J connectivity index is 1.36. The van der Waals surface area contributed by atoms with Crippen LogP contribution in [0.2, 0.25) is 0 Å². The summed E-state index contributed by atoms with van der Waals surface area (Å²) >= 11 is 0. The lowest BCUT2D eigenvalue weighted by molar-refractivity contribution is -0.149. The number of nitrogens with one attached hydrogen (secondary N) is 3. The van der Waals surface area contributed by atoms with Crippen molar-refractivity contribution in [1.29, 1.82) is 0 Å². The van der Waals surface area contributed by atoms with E-state index in [0.29, 0.717) is 31.2 Å². The van der Waals surface area contributed by atoms with Crippen molar-refractivity contribution in [2.75, 3.05) is 13.2 Å². The first-order valence-corrected chi connectivity index (χ1v) is 18.7. The van der Waals surface area contributed by atoms with E-state index in [1.54, 1.807) is 51.1 Å². The molecule has 3 aromatic rings. The molecule has 1 aliphatic carbocycles. The molecular formula is C42H50N4O9. The zero-order valence-electron chi connectivity index (χ0n) is 31.5. The molecule has 4 amide bonds. The van der Waals surface area contributed by atoms with Crippen LogP contribution in [0.3, 0.4) is 0 Å². The summed E-state index contributed by atoms with van der Waals surface area (Å²) in [5, 5.41) is 18.4. The van der Waals surface area contributed by atoms with E-state index in [1.165, 1.54) is 4.90 Å². The number of carbonyl (C=O) groups excluding carboxylic acids is 5. The summed E-state index contributed by atoms with van der Waals surface area (Å²) in [6, 6.07) is 21.9. The number of rotatable bonds is 15. The number of unbranched alkanes of at least 4 members (excludes halogenated alkanes) is 1. The fourth-order valence-corrected chi connectivity index (χ4v) is 7.07. The lowest BCUT2D eigenvalue weighted by Crippen LogP contribution is -2.65. The SMILES string of the molecule is CC(C)(C)OC(=O)N[C@@H](CCCCOC(=O)c1ccccc1)C(=O)NC1(C(=O)N[C@@H](Cc2ccccc2)C(=O)N2CCC[C@@H]2C(=O)O)Cc2ccccc2C1. The van der Waals surface area contributed by atoms with Crippen LogP contribution in [0.4, 0.5) is 4.79 Å². The Morgan fingerprint density at radius 2 is 1.45 bits per heavy atom. The highest BCUT2D eigenvalue weighted by Crippen LogP contribution is 2.31. The summed E-state index contributed by atoms with van der Waals surface area (Å²) in [5.41, 5.74) is 0.461. The molecule has 1 saturated heterocycles. The van der Waals surface area contributed by atoms with Crippen LogP contribution >= 0.6 is 0 Å². The molecule has 0 radical (unpaired) electrons. The second-order valence-electron chi connectivity index (χ2n) is 15.1. The molecule has 5 rings (SSSR count). The number of carbonyl (C=O) groups is 6. The van der Waals surface area contributed by atoms with E-state index in [2.05, 4.69) is 16.0 Å². The predicted octanol–water partition coefficient (Wildman–Crippen LogP) is 4.36. The molecule has 55 heavy (non-hydrogen) atoms. The topological polar surface area (TPSA) is 180 Å². The normalized spacial score (nSPS) is 16.9. The first kappa shape index (κ1) is 40.5. The Labute approximate surface area is 321 Å². The number of hydrogen-bond donors (Lipinski definition) is 4. The third kappa shape index (κ3) is 10.9. The van der Waals surface area contributed by atoms with Crippen LogP contribution in [0.25, 0.3) is 0 Å². The maximum atomic E-state index is 14.6. The van der Waals surface area contributed by atoms with Crippen molar-refractivity contribution in [3.63, 3.8) is 0 Å². The van der Waals surface area contributed by atoms with Crippen LogP contribution in [-0.4, -0.2) is 88.2 Å². The summed E-state index contributed by atoms with van der Waals surface area (Å²) in [4.78, 5) is 81.7. The Morgan fingerprint density at radius 1 is 0.836 bits per heavy atom. The lowest BCUT2D eigenvalue weighted by Gasteiger charge is -2.34. The van der Waals surface area contributed by atoms with Crippen LogP contribution in [0.15, 0.2) is 84.9 Å². The lowest BCUT2D eigenvalue weighted by atomic mass is 9.92. The smallest absolute Gasteiger partial charge is 0.408 e. The average Bonchev–Trinajstić information content (AvgIpc) is 3.80. The maximum absolute atomic E-state index is 14.6. The zero-order valence-corrected chi connectivity index (χ0v) is 31.5. The molecule has 13 heteroatoms. The molecular weight excluding hydrogens is 704 g/mol. The Hall–Kier alpha value is -5.72. The van der Waals surface area contributed by atoms with E-state index in [9.17, 15) is 33.9 Å². The number of alkyl carbamates (subject to hydrolysis) is 1. The molecule has 0 bridgehead atoms. The number of benzene rings is 3. The number of likely N-dealkylation sites (tertiary alicyclic amines) is 1. The Kier molecular flexibility index (Phi) is 13.3. The number of carboxylic acid groups (broad SMARTS) is 1. The Morgan fingerprint density at radius 3 is 2.07 bits per heavy atom. The van der Waals surface area contributed by atoms with Gasteiger partial charge in [0.2, 0.25) is 17.7 Å². The summed E-state index contributed by atoms with van der Waals surface area (Å²) in [6.45, 7) is 5.43. The van der Waals surface area contributed by atoms with Crippen molar-refractivity contribution in [2.45, 2.75) is 101 Å². The van der Waals surface area contributed by atoms with Crippen molar-refractivity contribution < 1.29 is 43.3 Å². The van der Waals surface area contributed by atoms with Gasteiger partial charge in [-0.2, -0.15) is 0 Å². The molecule has 292 valence electrons. The first-order chi connectivity index (χ1) is 26.2. The van der Waals surface area contributed by atoms with Gasteiger partial charge in [-0.05, 0) is 81.7 Å². The van der Waals surface area contributed by atoms with Gasteiger partial charge in [0.15, 0.2) is 0 Å². The molecule has 13 nitrogen and oxygen atoms in total. The van der Waals surface area contributed by atoms with Crippen molar-refractivity contribution in [2.24, 2.45) is 0 Å². The predicted molar refractivity (Wildman–Crippen MR) is 203 cm³/mol. The van der Waals surface area contributed by atoms with E-state index < -0.39 is 65.0 Å². The highest BCUT2D eigenvalue weighted by molar-refractivity contribution is 5.98. The van der Waals surface area contributed by atoms with Crippen LogP contribution < -0.4 is 16.0 Å². The van der Waals surface area contributed by atoms with E-state index in [4.69, 9.17) is 9.47 Å². The van der Waals surface area contributed by atoms with E-state index in [-0.39, 0.29) is 38.8 Å². The Bertz CT molecular complexity index is 1820. The number of aliphatic carboxylic acids is 1. The quantitative estimate of drug-likeness (QED) is 0.130. The molecule has 1 aliphatic heterocycles. The van der Waals surface area contributed by atoms with E-state index >= 15 is 0 Å². The fraction of sp³-hybridized carbons (Fsp3) is 0.429. The number of hydrogen-bond acceptors (Lipinski definition) is 8. The molecule has 2 aliphatic rings. The van der Waals surface area contributed by atoms with Gasteiger partial charge in [-0.25, -0.2) is 14.4 Å². The van der Waals surface area contributed by atoms with Crippen molar-refractivity contribution >= 4 is 35.8 Å². The summed E-state index contributed by atoms with van der Waals surface area (Å²) in [6.07, 6.45) is 1.25. The number of nitrogens with zero attached hydrogens (tertiary/aromatic N) is 1. The molecule has 3 atom stereocenters. The second-order valence-corrected chi connectivity index (χ2v) is 15.1. The number of esters is 1. The van der Waals surface area contributed by atoms with Gasteiger partial charge < -0.3 is 35.4 Å². The molecule has 0 aromatic heterocycles. The van der Waals surface area contributed by atoms with Gasteiger partial charge in [0.05, 0.1) is 12.2 Å². The van der Waals surface area contributed by atoms with Crippen molar-refractivity contribution in [3.05, 3.63) is 107 Å². The maximum Gasteiger partial charge on any atom is 0.408 e. The molecule has 0 saturated carbocycles. The molecule has 4 N–H and O–H groups in total. The molecule has 1 heterocycles. The minimum atomic E-state index is -1.55. The van der Waals surface area contributed by atoms with Crippen LogP contribution in [0.1, 0.15) is 79.9 Å². The third-order valence-electron chi connectivity index (χ3n) is 9.74. The van der Waals surface area contributed by atoms with Crippen LogP contribution in [0.5, 0.6) is 0 Å². The average molecular weight is 755 g/mol. The molecule has 3 aromatic carbocycles. The van der Waals surface area contributed by atoms with Gasteiger partial charge in [-0.15, -0.1) is 0 Å². The molecule has 1 fully saturated rings. The second kappa shape index (κ2) is 18.1. The summed E-state index contributed by atoms with van der Waals surface area (Å²) in [5.74, 6) is -3.34. The van der Waals surface area contributed by atoms with Crippen molar-refractivity contribution in [1.82, 2.24) is 20.9 Å². The van der Waals surface area contributed by atoms with Crippen molar-refractivity contribution in [3.8, 4) is 0 Å². The summed E-state index contributed by atoms with van der Waals surface area (Å²) < 4.78 is 10.9. The number of amides is 4. The van der Waals surface area contributed by atoms with Gasteiger partial charge >= 0.3 is 18.0 Å². The fourth-order valence-electron chi connectivity index (χ4n) is 7.07. The first-order valence-electron chi connectivity index (χ1n) is 18.7. The van der Waals surface area contributed by atoms with Crippen LogP contribution in [0, 0.1) is 0 Å². The van der Waals surface area contributed by atoms with Gasteiger partial charge in [0, 0.05) is 25.8 Å². The number of carboxylic acids is 1. The molecule has 0 spiro atoms. The standard InChI is InChI=1S/C42H50N4O9/c1-41(2,3)55-40(53)44-32(21-12-13-24-54-38(51)29-17-8-5-9-18-29)35(47)45-42(26-30-19-10-11-20-31(30)27-42)39(52)43-33(25-28-15-6-4-7-16-28)36(48)46-23-14-22-34(46)37(49)50/h4-11,15-20,32-34H,12-14,21-27H2,1-3H3,(H,43,52)(H,44,53)(H,45,47)(H,49,50)/t32-,33-,34+/m0/s1. The highest BCUT2D eigenvalue weighted by Gasteiger charge is 2.48. The zero-order chi connectivity index (χ0) is 39.6. The largest absolute Gasteiger partial charge is 0.480 e. The van der Waals surface area contributed by atoms with Gasteiger partial charge in [-0.3, -0.25) is 14.4 Å². The van der Waals surface area contributed by atoms with Gasteiger partial charge in [0.1, 0.15) is 29.3 Å². The van der Waals surface area contributed by atoms with Gasteiger partial charge in [-0.1, -0.05) is 72.8 Å². The number of ether oxygens (including phenoxy) is 2. The minimum absolute atomic E-state index is 0.0900. The van der Waals surface area contributed by atoms with Crippen LogP contribution in [-0.2, 0) is 47.9 Å². The highest BCUT2D eigenvalue weighted by atomic mass is 16.6. The minimum Gasteiger partial charge on any atom is -0.480 e. The monoisotopic (exact) mass is 754 g/mol. The summed E-state index contributed by atoms with van der Waals surface area (Å²) in [7, 11) is 0.